The largest absolute Gasteiger partial charge is 0.454 e. The van der Waals surface area contributed by atoms with Gasteiger partial charge >= 0.3 is 0 Å². The lowest BCUT2D eigenvalue weighted by atomic mass is 10.2. The average Bonchev–Trinajstić information content (AvgIpc) is 3.20. The molecule has 2 aliphatic rings. The Labute approximate surface area is 134 Å². The zero-order valence-electron chi connectivity index (χ0n) is 13.3. The zero-order valence-corrected chi connectivity index (χ0v) is 13.3. The van der Waals surface area contributed by atoms with Gasteiger partial charge in [-0.05, 0) is 38.9 Å². The number of fused-ring (bicyclic) bond motifs is 1. The molecule has 1 aromatic rings. The zero-order chi connectivity index (χ0) is 16.4. The SMILES string of the molecule is C[C@H](C(=O)Nc1ccc2c(c1)OCO2)N(C)CC(=O)NC1CC1. The third-order valence-electron chi connectivity index (χ3n) is 4.02. The molecule has 1 aliphatic carbocycles. The van der Waals surface area contributed by atoms with Crippen LogP contribution in [0.5, 0.6) is 11.5 Å². The standard InChI is InChI=1S/C16H21N3O4/c1-10(19(2)8-15(20)17-11-3-4-11)16(21)18-12-5-6-13-14(7-12)23-9-22-13/h5-7,10-11H,3-4,8-9H2,1-2H3,(H,17,20)(H,18,21)/t10-/m1/s1. The number of nitrogens with one attached hydrogen (secondary N) is 2. The molecule has 0 spiro atoms. The highest BCUT2D eigenvalue weighted by Crippen LogP contribution is 2.34. The monoisotopic (exact) mass is 319 g/mol. The van der Waals surface area contributed by atoms with E-state index in [0.29, 0.717) is 23.2 Å². The number of likely N-dealkylation sites (N-methyl/N-ethyl adjacent to an activating group) is 1. The molecule has 0 saturated heterocycles. The molecule has 0 bridgehead atoms. The first-order valence-electron chi connectivity index (χ1n) is 7.73. The van der Waals surface area contributed by atoms with Crippen molar-refractivity contribution < 1.29 is 19.1 Å². The van der Waals surface area contributed by atoms with Crippen molar-refractivity contribution in [3.8, 4) is 11.5 Å². The van der Waals surface area contributed by atoms with Crippen LogP contribution in [0, 0.1) is 0 Å². The summed E-state index contributed by atoms with van der Waals surface area (Å²) in [5.74, 6) is 1.07. The number of hydrogen-bond donors (Lipinski definition) is 2. The maximum absolute atomic E-state index is 12.3. The van der Waals surface area contributed by atoms with E-state index < -0.39 is 6.04 Å². The van der Waals surface area contributed by atoms with Crippen LogP contribution in [0.4, 0.5) is 5.69 Å². The smallest absolute Gasteiger partial charge is 0.241 e. The van der Waals surface area contributed by atoms with Gasteiger partial charge in [0.25, 0.3) is 0 Å². The summed E-state index contributed by atoms with van der Waals surface area (Å²) < 4.78 is 10.5. The summed E-state index contributed by atoms with van der Waals surface area (Å²) in [6.45, 7) is 2.17. The van der Waals surface area contributed by atoms with Gasteiger partial charge < -0.3 is 20.1 Å². The van der Waals surface area contributed by atoms with Gasteiger partial charge in [-0.1, -0.05) is 0 Å². The van der Waals surface area contributed by atoms with Crippen molar-refractivity contribution in [2.75, 3.05) is 25.7 Å². The average molecular weight is 319 g/mol. The Bertz CT molecular complexity index is 615. The van der Waals surface area contributed by atoms with E-state index in [-0.39, 0.29) is 25.2 Å². The quantitative estimate of drug-likeness (QED) is 0.816. The predicted octanol–water partition coefficient (Wildman–Crippen LogP) is 0.953. The lowest BCUT2D eigenvalue weighted by Crippen LogP contribution is -2.45. The summed E-state index contributed by atoms with van der Waals surface area (Å²) in [5, 5.41) is 5.74. The minimum Gasteiger partial charge on any atom is -0.454 e. The Kier molecular flexibility index (Phi) is 4.38. The van der Waals surface area contributed by atoms with Crippen molar-refractivity contribution in [2.45, 2.75) is 31.8 Å². The molecule has 3 rings (SSSR count). The molecule has 1 saturated carbocycles. The molecule has 2 amide bonds. The van der Waals surface area contributed by atoms with E-state index in [1.807, 2.05) is 0 Å². The topological polar surface area (TPSA) is 79.9 Å². The van der Waals surface area contributed by atoms with E-state index in [9.17, 15) is 9.59 Å². The van der Waals surface area contributed by atoms with Crippen LogP contribution in [0.1, 0.15) is 19.8 Å². The van der Waals surface area contributed by atoms with Crippen molar-refractivity contribution in [1.82, 2.24) is 10.2 Å². The van der Waals surface area contributed by atoms with E-state index in [4.69, 9.17) is 9.47 Å². The number of hydrogen-bond acceptors (Lipinski definition) is 5. The number of nitrogens with zero attached hydrogens (tertiary/aromatic N) is 1. The normalized spacial score (nSPS) is 17.0. The van der Waals surface area contributed by atoms with Gasteiger partial charge in [0.05, 0.1) is 12.6 Å². The molecule has 7 heteroatoms. The lowest BCUT2D eigenvalue weighted by Gasteiger charge is -2.23. The van der Waals surface area contributed by atoms with Crippen LogP contribution in [0.25, 0.3) is 0 Å². The van der Waals surface area contributed by atoms with Crippen LogP contribution in [0.3, 0.4) is 0 Å². The molecule has 23 heavy (non-hydrogen) atoms. The molecule has 7 nitrogen and oxygen atoms in total. The van der Waals surface area contributed by atoms with Gasteiger partial charge in [-0.15, -0.1) is 0 Å². The molecule has 0 radical (unpaired) electrons. The van der Waals surface area contributed by atoms with E-state index in [2.05, 4.69) is 10.6 Å². The Hall–Kier alpha value is -2.28. The highest BCUT2D eigenvalue weighted by atomic mass is 16.7. The molecule has 2 N–H and O–H groups in total. The minimum absolute atomic E-state index is 0.0438. The van der Waals surface area contributed by atoms with Crippen LogP contribution < -0.4 is 20.1 Å². The van der Waals surface area contributed by atoms with E-state index in [0.717, 1.165) is 12.8 Å². The molecule has 1 heterocycles. The van der Waals surface area contributed by atoms with Crippen LogP contribution in [-0.2, 0) is 9.59 Å². The summed E-state index contributed by atoms with van der Waals surface area (Å²) in [7, 11) is 1.76. The molecular formula is C16H21N3O4. The molecule has 1 aromatic carbocycles. The van der Waals surface area contributed by atoms with Crippen LogP contribution in [0.15, 0.2) is 18.2 Å². The first kappa shape index (κ1) is 15.6. The molecule has 1 fully saturated rings. The van der Waals surface area contributed by atoms with Crippen LogP contribution >= 0.6 is 0 Å². The van der Waals surface area contributed by atoms with Gasteiger partial charge in [0, 0.05) is 17.8 Å². The third kappa shape index (κ3) is 3.92. The van der Waals surface area contributed by atoms with Crippen molar-refractivity contribution >= 4 is 17.5 Å². The fourth-order valence-electron chi connectivity index (χ4n) is 2.29. The second kappa shape index (κ2) is 6.45. The number of carbonyl (C=O) groups is 2. The number of anilines is 1. The van der Waals surface area contributed by atoms with Crippen molar-refractivity contribution in [3.05, 3.63) is 18.2 Å². The fourth-order valence-corrected chi connectivity index (χ4v) is 2.29. The van der Waals surface area contributed by atoms with E-state index >= 15 is 0 Å². The number of carbonyl (C=O) groups excluding carboxylic acids is 2. The number of rotatable bonds is 6. The summed E-state index contributed by atoms with van der Waals surface area (Å²) in [6.07, 6.45) is 2.10. The van der Waals surface area contributed by atoms with Gasteiger partial charge in [0.2, 0.25) is 18.6 Å². The molecule has 0 unspecified atom stereocenters. The second-order valence-electron chi connectivity index (χ2n) is 5.99. The highest BCUT2D eigenvalue weighted by Gasteiger charge is 2.26. The van der Waals surface area contributed by atoms with Gasteiger partial charge in [-0.2, -0.15) is 0 Å². The predicted molar refractivity (Wildman–Crippen MR) is 84.5 cm³/mol. The van der Waals surface area contributed by atoms with Crippen molar-refractivity contribution in [2.24, 2.45) is 0 Å². The lowest BCUT2D eigenvalue weighted by molar-refractivity contribution is -0.124. The molecule has 1 aliphatic heterocycles. The minimum atomic E-state index is -0.426. The summed E-state index contributed by atoms with van der Waals surface area (Å²) in [6, 6.07) is 5.15. The Morgan fingerprint density at radius 1 is 1.30 bits per heavy atom. The second-order valence-corrected chi connectivity index (χ2v) is 5.99. The third-order valence-corrected chi connectivity index (χ3v) is 4.02. The Morgan fingerprint density at radius 3 is 2.78 bits per heavy atom. The van der Waals surface area contributed by atoms with Gasteiger partial charge in [-0.3, -0.25) is 14.5 Å². The molecule has 124 valence electrons. The Balaban J connectivity index is 1.53. The highest BCUT2D eigenvalue weighted by molar-refractivity contribution is 5.95. The van der Waals surface area contributed by atoms with Gasteiger partial charge in [-0.25, -0.2) is 0 Å². The van der Waals surface area contributed by atoms with Gasteiger partial charge in [0.1, 0.15) is 0 Å². The van der Waals surface area contributed by atoms with E-state index in [1.165, 1.54) is 0 Å². The maximum atomic E-state index is 12.3. The fraction of sp³-hybridized carbons (Fsp3) is 0.500. The molecular weight excluding hydrogens is 298 g/mol. The Morgan fingerprint density at radius 2 is 2.04 bits per heavy atom. The van der Waals surface area contributed by atoms with Crippen molar-refractivity contribution in [3.63, 3.8) is 0 Å². The summed E-state index contributed by atoms with van der Waals surface area (Å²) in [4.78, 5) is 25.8. The number of amides is 2. The number of ether oxygens (including phenoxy) is 2. The van der Waals surface area contributed by atoms with Crippen LogP contribution in [-0.4, -0.2) is 49.2 Å². The van der Waals surface area contributed by atoms with Gasteiger partial charge in [0.15, 0.2) is 11.5 Å². The maximum Gasteiger partial charge on any atom is 0.241 e. The van der Waals surface area contributed by atoms with Crippen molar-refractivity contribution in [1.29, 1.82) is 0 Å². The molecule has 0 aromatic heterocycles. The summed E-state index contributed by atoms with van der Waals surface area (Å²) in [5.41, 5.74) is 0.641. The van der Waals surface area contributed by atoms with E-state index in [1.54, 1.807) is 37.1 Å². The summed E-state index contributed by atoms with van der Waals surface area (Å²) >= 11 is 0. The first-order chi connectivity index (χ1) is 11.0. The van der Waals surface area contributed by atoms with Crippen LogP contribution in [0.2, 0.25) is 0 Å². The number of benzene rings is 1. The molecule has 1 atom stereocenters. The first-order valence-corrected chi connectivity index (χ1v) is 7.73.